The van der Waals surface area contributed by atoms with Gasteiger partial charge >= 0.3 is 0 Å². The highest BCUT2D eigenvalue weighted by molar-refractivity contribution is 5.55. The van der Waals surface area contributed by atoms with Gasteiger partial charge in [-0.15, -0.1) is 0 Å². The molecule has 128 valence electrons. The molecule has 4 heterocycles. The van der Waals surface area contributed by atoms with Gasteiger partial charge in [0.1, 0.15) is 0 Å². The fourth-order valence-electron chi connectivity index (χ4n) is 3.62. The lowest BCUT2D eigenvalue weighted by Gasteiger charge is -2.33. The normalized spacial score (nSPS) is 27.0. The van der Waals surface area contributed by atoms with Crippen LogP contribution in [0.1, 0.15) is 25.7 Å². The highest BCUT2D eigenvalue weighted by Gasteiger charge is 2.41. The summed E-state index contributed by atoms with van der Waals surface area (Å²) in [5.41, 5.74) is 1.40. The minimum absolute atomic E-state index is 0.0149. The average molecular weight is 330 g/mol. The Balaban J connectivity index is 1.51. The smallest absolute Gasteiger partial charge is 0.266 e. The minimum atomic E-state index is -0.145. The summed E-state index contributed by atoms with van der Waals surface area (Å²) in [5, 5.41) is 8.65. The zero-order chi connectivity index (χ0) is 16.6. The SMILES string of the molecule is Cn1cc(-c2ccc(=O)n(CC3CCC4(CCCOC4)O3)n2)cn1. The first-order chi connectivity index (χ1) is 11.6. The zero-order valence-electron chi connectivity index (χ0n) is 13.9. The summed E-state index contributed by atoms with van der Waals surface area (Å²) < 4.78 is 15.1. The molecule has 24 heavy (non-hydrogen) atoms. The number of rotatable bonds is 3. The summed E-state index contributed by atoms with van der Waals surface area (Å²) in [7, 11) is 1.86. The Morgan fingerprint density at radius 1 is 1.38 bits per heavy atom. The molecule has 0 N–H and O–H groups in total. The molecule has 7 nitrogen and oxygen atoms in total. The molecule has 2 atom stereocenters. The Labute approximate surface area is 140 Å². The molecule has 2 fully saturated rings. The summed E-state index contributed by atoms with van der Waals surface area (Å²) in [6.45, 7) is 1.97. The molecule has 2 unspecified atom stereocenters. The van der Waals surface area contributed by atoms with Gasteiger partial charge in [0.25, 0.3) is 5.56 Å². The van der Waals surface area contributed by atoms with Gasteiger partial charge in [-0.25, -0.2) is 4.68 Å². The van der Waals surface area contributed by atoms with Gasteiger partial charge in [-0.2, -0.15) is 10.2 Å². The number of ether oxygens (including phenoxy) is 2. The van der Waals surface area contributed by atoms with Gasteiger partial charge in [0.15, 0.2) is 0 Å². The largest absolute Gasteiger partial charge is 0.378 e. The molecule has 2 aromatic heterocycles. The molecule has 0 radical (unpaired) electrons. The number of hydrogen-bond donors (Lipinski definition) is 0. The summed E-state index contributed by atoms with van der Waals surface area (Å²) in [6, 6.07) is 3.30. The summed E-state index contributed by atoms with van der Waals surface area (Å²) in [4.78, 5) is 12.2. The van der Waals surface area contributed by atoms with Gasteiger partial charge in [-0.05, 0) is 31.7 Å². The molecule has 2 saturated heterocycles. The first-order valence-corrected chi connectivity index (χ1v) is 8.46. The third-order valence-corrected chi connectivity index (χ3v) is 4.87. The maximum absolute atomic E-state index is 12.2. The van der Waals surface area contributed by atoms with Crippen molar-refractivity contribution >= 4 is 0 Å². The van der Waals surface area contributed by atoms with Crippen LogP contribution in [0, 0.1) is 0 Å². The maximum Gasteiger partial charge on any atom is 0.266 e. The third-order valence-electron chi connectivity index (χ3n) is 4.87. The van der Waals surface area contributed by atoms with Crippen LogP contribution in [0.15, 0.2) is 29.3 Å². The molecule has 4 rings (SSSR count). The van der Waals surface area contributed by atoms with Gasteiger partial charge in [-0.3, -0.25) is 9.48 Å². The van der Waals surface area contributed by atoms with Crippen molar-refractivity contribution in [3.63, 3.8) is 0 Å². The first-order valence-electron chi connectivity index (χ1n) is 8.46. The van der Waals surface area contributed by atoms with Crippen molar-refractivity contribution in [1.29, 1.82) is 0 Å². The lowest BCUT2D eigenvalue weighted by molar-refractivity contribution is -0.124. The van der Waals surface area contributed by atoms with Crippen LogP contribution in [0.25, 0.3) is 11.3 Å². The van der Waals surface area contributed by atoms with E-state index in [1.807, 2.05) is 13.2 Å². The second-order valence-electron chi connectivity index (χ2n) is 6.76. The monoisotopic (exact) mass is 330 g/mol. The Bertz CT molecular complexity index is 776. The molecule has 0 aliphatic carbocycles. The molecular weight excluding hydrogens is 308 g/mol. The van der Waals surface area contributed by atoms with Crippen LogP contribution in [-0.2, 0) is 23.1 Å². The van der Waals surface area contributed by atoms with Crippen molar-refractivity contribution in [2.75, 3.05) is 13.2 Å². The second-order valence-corrected chi connectivity index (χ2v) is 6.76. The van der Waals surface area contributed by atoms with E-state index in [9.17, 15) is 4.79 Å². The van der Waals surface area contributed by atoms with E-state index in [2.05, 4.69) is 10.2 Å². The van der Waals surface area contributed by atoms with E-state index in [4.69, 9.17) is 9.47 Å². The molecule has 0 aromatic carbocycles. The molecule has 1 spiro atoms. The quantitative estimate of drug-likeness (QED) is 0.850. The molecule has 7 heteroatoms. The molecule has 2 aromatic rings. The Morgan fingerprint density at radius 3 is 3.04 bits per heavy atom. The lowest BCUT2D eigenvalue weighted by Crippen LogP contribution is -2.39. The fraction of sp³-hybridized carbons (Fsp3) is 0.588. The van der Waals surface area contributed by atoms with E-state index in [1.54, 1.807) is 23.0 Å². The van der Waals surface area contributed by atoms with Crippen molar-refractivity contribution in [1.82, 2.24) is 19.6 Å². The minimum Gasteiger partial charge on any atom is -0.378 e. The van der Waals surface area contributed by atoms with Crippen molar-refractivity contribution in [2.45, 2.75) is 43.9 Å². The first kappa shape index (κ1) is 15.5. The summed E-state index contributed by atoms with van der Waals surface area (Å²) in [5.74, 6) is 0. The summed E-state index contributed by atoms with van der Waals surface area (Å²) >= 11 is 0. The third kappa shape index (κ3) is 3.01. The second kappa shape index (κ2) is 6.14. The molecule has 2 aliphatic heterocycles. The van der Waals surface area contributed by atoms with Crippen LogP contribution in [0.3, 0.4) is 0 Å². The van der Waals surface area contributed by atoms with E-state index in [-0.39, 0.29) is 17.3 Å². The van der Waals surface area contributed by atoms with Crippen molar-refractivity contribution < 1.29 is 9.47 Å². The topological polar surface area (TPSA) is 71.2 Å². The van der Waals surface area contributed by atoms with Crippen molar-refractivity contribution in [3.05, 3.63) is 34.9 Å². The van der Waals surface area contributed by atoms with Gasteiger partial charge in [0.2, 0.25) is 0 Å². The van der Waals surface area contributed by atoms with Gasteiger partial charge < -0.3 is 9.47 Å². The number of aryl methyl sites for hydroxylation is 1. The van der Waals surface area contributed by atoms with Gasteiger partial charge in [0, 0.05) is 31.5 Å². The van der Waals surface area contributed by atoms with Crippen molar-refractivity contribution in [2.24, 2.45) is 7.05 Å². The van der Waals surface area contributed by atoms with E-state index >= 15 is 0 Å². The van der Waals surface area contributed by atoms with E-state index in [0.29, 0.717) is 13.2 Å². The van der Waals surface area contributed by atoms with Crippen LogP contribution in [0.2, 0.25) is 0 Å². The van der Waals surface area contributed by atoms with E-state index < -0.39 is 0 Å². The van der Waals surface area contributed by atoms with Crippen LogP contribution in [0.5, 0.6) is 0 Å². The highest BCUT2D eigenvalue weighted by atomic mass is 16.6. The van der Waals surface area contributed by atoms with E-state index in [1.165, 1.54) is 4.68 Å². The maximum atomic E-state index is 12.2. The predicted octanol–water partition coefficient (Wildman–Crippen LogP) is 1.37. The van der Waals surface area contributed by atoms with Crippen LogP contribution in [0.4, 0.5) is 0 Å². The highest BCUT2D eigenvalue weighted by Crippen LogP contribution is 2.37. The lowest BCUT2D eigenvalue weighted by atomic mass is 9.93. The molecule has 0 saturated carbocycles. The zero-order valence-corrected chi connectivity index (χ0v) is 13.9. The van der Waals surface area contributed by atoms with Crippen LogP contribution < -0.4 is 5.56 Å². The standard InChI is InChI=1S/C17H22N4O3/c1-20-10-13(9-18-20)15-3-4-16(22)21(19-15)11-14-5-7-17(24-14)6-2-8-23-12-17/h3-4,9-10,14H,2,5-8,11-12H2,1H3. The van der Waals surface area contributed by atoms with Gasteiger partial charge in [-0.1, -0.05) is 0 Å². The molecular formula is C17H22N4O3. The average Bonchev–Trinajstić information content (AvgIpc) is 3.17. The van der Waals surface area contributed by atoms with Gasteiger partial charge in [0.05, 0.1) is 36.7 Å². The molecule has 0 bridgehead atoms. The Kier molecular flexibility index (Phi) is 3.97. The van der Waals surface area contributed by atoms with Crippen LogP contribution in [-0.4, -0.2) is 44.5 Å². The summed E-state index contributed by atoms with van der Waals surface area (Å²) in [6.07, 6.45) is 7.67. The predicted molar refractivity (Wildman–Crippen MR) is 87.6 cm³/mol. The number of hydrogen-bond acceptors (Lipinski definition) is 5. The van der Waals surface area contributed by atoms with E-state index in [0.717, 1.165) is 43.5 Å². The van der Waals surface area contributed by atoms with Crippen LogP contribution >= 0.6 is 0 Å². The molecule has 0 amide bonds. The fourth-order valence-corrected chi connectivity index (χ4v) is 3.62. The van der Waals surface area contributed by atoms with Crippen molar-refractivity contribution in [3.8, 4) is 11.3 Å². The Morgan fingerprint density at radius 2 is 2.29 bits per heavy atom. The number of aromatic nitrogens is 4. The molecule has 2 aliphatic rings. The Hall–Kier alpha value is -1.99. The number of nitrogens with zero attached hydrogens (tertiary/aromatic N) is 4.